The first-order valence-corrected chi connectivity index (χ1v) is 6.24. The van der Waals surface area contributed by atoms with Gasteiger partial charge in [-0.1, -0.05) is 18.0 Å². The molecule has 1 saturated carbocycles. The summed E-state index contributed by atoms with van der Waals surface area (Å²) in [7, 11) is 0. The molecule has 1 aliphatic rings. The number of halogens is 1. The molecule has 88 valence electrons. The fraction of sp³-hybridized carbons (Fsp3) is 0.583. The first-order valence-electron chi connectivity index (χ1n) is 5.86. The van der Waals surface area contributed by atoms with Crippen molar-refractivity contribution in [3.8, 4) is 0 Å². The zero-order valence-electron chi connectivity index (χ0n) is 9.62. The largest absolute Gasteiger partial charge is 0.397 e. The third kappa shape index (κ3) is 2.40. The van der Waals surface area contributed by atoms with E-state index in [1.165, 1.54) is 19.3 Å². The molecule has 0 bridgehead atoms. The highest BCUT2D eigenvalue weighted by molar-refractivity contribution is 6.33. The van der Waals surface area contributed by atoms with Crippen LogP contribution in [0.3, 0.4) is 0 Å². The Balaban J connectivity index is 2.11. The van der Waals surface area contributed by atoms with Crippen molar-refractivity contribution in [3.05, 3.63) is 17.3 Å². The Kier molecular flexibility index (Phi) is 3.54. The summed E-state index contributed by atoms with van der Waals surface area (Å²) in [5, 5.41) is 0.654. The van der Waals surface area contributed by atoms with E-state index in [1.54, 1.807) is 12.3 Å². The summed E-state index contributed by atoms with van der Waals surface area (Å²) in [5.74, 6) is 1.68. The van der Waals surface area contributed by atoms with Crippen molar-refractivity contribution in [1.29, 1.82) is 0 Å². The number of hydrogen-bond donors (Lipinski definition) is 1. The molecule has 0 spiro atoms. The fourth-order valence-corrected chi connectivity index (χ4v) is 2.32. The maximum atomic E-state index is 6.16. The highest BCUT2D eigenvalue weighted by atomic mass is 35.5. The van der Waals surface area contributed by atoms with Crippen LogP contribution >= 0.6 is 11.6 Å². The highest BCUT2D eigenvalue weighted by Crippen LogP contribution is 2.31. The number of pyridine rings is 1. The summed E-state index contributed by atoms with van der Waals surface area (Å²) < 4.78 is 0. The summed E-state index contributed by atoms with van der Waals surface area (Å²) in [6.07, 6.45) is 5.71. The van der Waals surface area contributed by atoms with Crippen molar-refractivity contribution in [2.24, 2.45) is 5.92 Å². The molecule has 1 aliphatic carbocycles. The van der Waals surface area contributed by atoms with Gasteiger partial charge in [0.15, 0.2) is 0 Å². The van der Waals surface area contributed by atoms with E-state index < -0.39 is 0 Å². The van der Waals surface area contributed by atoms with Gasteiger partial charge in [-0.3, -0.25) is 0 Å². The van der Waals surface area contributed by atoms with Gasteiger partial charge in [-0.05, 0) is 31.7 Å². The smallest absolute Gasteiger partial charge is 0.147 e. The van der Waals surface area contributed by atoms with E-state index in [2.05, 4.69) is 16.8 Å². The maximum Gasteiger partial charge on any atom is 0.147 e. The van der Waals surface area contributed by atoms with Gasteiger partial charge in [0.05, 0.1) is 16.9 Å². The van der Waals surface area contributed by atoms with Crippen LogP contribution in [0.25, 0.3) is 0 Å². The van der Waals surface area contributed by atoms with E-state index in [0.29, 0.717) is 10.7 Å². The van der Waals surface area contributed by atoms with Crippen LogP contribution in [0.1, 0.15) is 26.2 Å². The zero-order chi connectivity index (χ0) is 11.5. The van der Waals surface area contributed by atoms with Gasteiger partial charge in [-0.15, -0.1) is 0 Å². The van der Waals surface area contributed by atoms with Crippen molar-refractivity contribution < 1.29 is 0 Å². The van der Waals surface area contributed by atoms with Gasteiger partial charge in [0, 0.05) is 13.1 Å². The predicted molar refractivity (Wildman–Crippen MR) is 68.9 cm³/mol. The van der Waals surface area contributed by atoms with E-state index in [4.69, 9.17) is 17.3 Å². The zero-order valence-corrected chi connectivity index (χ0v) is 10.4. The van der Waals surface area contributed by atoms with Crippen LogP contribution in [-0.2, 0) is 0 Å². The van der Waals surface area contributed by atoms with E-state index in [1.807, 2.05) is 0 Å². The van der Waals surface area contributed by atoms with Gasteiger partial charge in [-0.2, -0.15) is 0 Å². The van der Waals surface area contributed by atoms with Crippen LogP contribution in [0.2, 0.25) is 5.02 Å². The molecular weight excluding hydrogens is 222 g/mol. The van der Waals surface area contributed by atoms with Crippen LogP contribution in [-0.4, -0.2) is 18.1 Å². The molecule has 0 atom stereocenters. The minimum absolute atomic E-state index is 0.619. The number of nitrogen functional groups attached to an aromatic ring is 1. The molecule has 0 aliphatic heterocycles. The van der Waals surface area contributed by atoms with Crippen LogP contribution in [0, 0.1) is 5.92 Å². The molecule has 4 heteroatoms. The molecule has 0 unspecified atom stereocenters. The van der Waals surface area contributed by atoms with Gasteiger partial charge >= 0.3 is 0 Å². The second kappa shape index (κ2) is 4.91. The fourth-order valence-electron chi connectivity index (χ4n) is 2.03. The Morgan fingerprint density at radius 3 is 2.81 bits per heavy atom. The minimum Gasteiger partial charge on any atom is -0.397 e. The van der Waals surface area contributed by atoms with Gasteiger partial charge in [0.2, 0.25) is 0 Å². The van der Waals surface area contributed by atoms with Crippen molar-refractivity contribution in [2.45, 2.75) is 26.2 Å². The normalized spacial score (nSPS) is 15.9. The van der Waals surface area contributed by atoms with Crippen LogP contribution in [0.15, 0.2) is 12.3 Å². The summed E-state index contributed by atoms with van der Waals surface area (Å²) in [6.45, 7) is 4.13. The van der Waals surface area contributed by atoms with Crippen molar-refractivity contribution >= 4 is 23.1 Å². The van der Waals surface area contributed by atoms with E-state index in [-0.39, 0.29) is 0 Å². The van der Waals surface area contributed by atoms with E-state index >= 15 is 0 Å². The number of anilines is 2. The molecule has 2 rings (SSSR count). The highest BCUT2D eigenvalue weighted by Gasteiger charge is 2.21. The topological polar surface area (TPSA) is 42.2 Å². The molecule has 1 heterocycles. The molecule has 16 heavy (non-hydrogen) atoms. The van der Waals surface area contributed by atoms with Crippen LogP contribution in [0.5, 0.6) is 0 Å². The number of nitrogens with zero attached hydrogens (tertiary/aromatic N) is 2. The molecule has 0 amide bonds. The summed E-state index contributed by atoms with van der Waals surface area (Å²) in [4.78, 5) is 6.57. The third-order valence-corrected chi connectivity index (χ3v) is 3.51. The Morgan fingerprint density at radius 2 is 2.31 bits per heavy atom. The van der Waals surface area contributed by atoms with E-state index in [0.717, 1.165) is 24.8 Å². The summed E-state index contributed by atoms with van der Waals surface area (Å²) >= 11 is 6.16. The van der Waals surface area contributed by atoms with Crippen molar-refractivity contribution in [2.75, 3.05) is 23.7 Å². The number of aromatic nitrogens is 1. The third-order valence-electron chi connectivity index (χ3n) is 3.23. The number of nitrogens with two attached hydrogens (primary N) is 1. The van der Waals surface area contributed by atoms with Gasteiger partial charge in [0.25, 0.3) is 0 Å². The first kappa shape index (κ1) is 11.5. The summed E-state index contributed by atoms with van der Waals surface area (Å²) in [5.41, 5.74) is 6.26. The van der Waals surface area contributed by atoms with Crippen LogP contribution < -0.4 is 10.6 Å². The second-order valence-electron chi connectivity index (χ2n) is 4.41. The summed E-state index contributed by atoms with van der Waals surface area (Å²) in [6, 6.07) is 1.77. The lowest BCUT2D eigenvalue weighted by Gasteiger charge is -2.32. The molecule has 0 saturated heterocycles. The van der Waals surface area contributed by atoms with Crippen molar-refractivity contribution in [3.63, 3.8) is 0 Å². The first-order chi connectivity index (χ1) is 7.70. The minimum atomic E-state index is 0.619. The SMILES string of the molecule is CCN(CC1CCC1)c1ncc(N)cc1Cl. The van der Waals surface area contributed by atoms with Gasteiger partial charge in [-0.25, -0.2) is 4.98 Å². The Hall–Kier alpha value is -0.960. The number of hydrogen-bond acceptors (Lipinski definition) is 3. The molecule has 2 N–H and O–H groups in total. The predicted octanol–water partition coefficient (Wildman–Crippen LogP) is 2.94. The molecule has 0 aromatic carbocycles. The molecule has 1 fully saturated rings. The average Bonchev–Trinajstić information content (AvgIpc) is 2.18. The Labute approximate surface area is 102 Å². The average molecular weight is 240 g/mol. The van der Waals surface area contributed by atoms with Gasteiger partial charge < -0.3 is 10.6 Å². The standard InChI is InChI=1S/C12H18ClN3/c1-2-16(8-9-4-3-5-9)12-11(13)6-10(14)7-15-12/h6-7,9H,2-5,8,14H2,1H3. The lowest BCUT2D eigenvalue weighted by Crippen LogP contribution is -2.33. The second-order valence-corrected chi connectivity index (χ2v) is 4.82. The molecule has 1 aromatic heterocycles. The lowest BCUT2D eigenvalue weighted by molar-refractivity contribution is 0.318. The molecular formula is C12H18ClN3. The maximum absolute atomic E-state index is 6.16. The number of rotatable bonds is 4. The Morgan fingerprint density at radius 1 is 1.56 bits per heavy atom. The molecule has 1 aromatic rings. The van der Waals surface area contributed by atoms with Crippen LogP contribution in [0.4, 0.5) is 11.5 Å². The van der Waals surface area contributed by atoms with Gasteiger partial charge in [0.1, 0.15) is 5.82 Å². The quantitative estimate of drug-likeness (QED) is 0.879. The monoisotopic (exact) mass is 239 g/mol. The molecule has 3 nitrogen and oxygen atoms in total. The molecule has 0 radical (unpaired) electrons. The van der Waals surface area contributed by atoms with E-state index in [9.17, 15) is 0 Å². The Bertz CT molecular complexity index is 363. The van der Waals surface area contributed by atoms with Crippen molar-refractivity contribution in [1.82, 2.24) is 4.98 Å². The lowest BCUT2D eigenvalue weighted by atomic mass is 9.85.